The van der Waals surface area contributed by atoms with Crippen LogP contribution >= 0.6 is 0 Å². The molecule has 1 aromatic carbocycles. The van der Waals surface area contributed by atoms with Crippen LogP contribution in [-0.4, -0.2) is 11.1 Å². The first-order valence-electron chi connectivity index (χ1n) is 6.59. The molecule has 0 aromatic heterocycles. The summed E-state index contributed by atoms with van der Waals surface area (Å²) in [6, 6.07) is 7.59. The summed E-state index contributed by atoms with van der Waals surface area (Å²) < 4.78 is 0. The summed E-state index contributed by atoms with van der Waals surface area (Å²) in [5.41, 5.74) is 8.20. The van der Waals surface area contributed by atoms with Crippen molar-refractivity contribution >= 4 is 5.97 Å². The Hall–Kier alpha value is -1.35. The molecule has 18 heavy (non-hydrogen) atoms. The van der Waals surface area contributed by atoms with Gasteiger partial charge in [-0.25, -0.2) is 0 Å². The van der Waals surface area contributed by atoms with E-state index in [0.717, 1.165) is 12.0 Å². The fourth-order valence-corrected chi connectivity index (χ4v) is 2.10. The van der Waals surface area contributed by atoms with E-state index in [-0.39, 0.29) is 0 Å². The van der Waals surface area contributed by atoms with Crippen LogP contribution in [0.25, 0.3) is 0 Å². The molecule has 0 aliphatic carbocycles. The van der Waals surface area contributed by atoms with E-state index in [2.05, 4.69) is 26.0 Å². The zero-order valence-electron chi connectivity index (χ0n) is 11.4. The summed E-state index contributed by atoms with van der Waals surface area (Å²) in [6.45, 7) is 6.19. The van der Waals surface area contributed by atoms with Crippen LogP contribution in [0, 0.1) is 5.92 Å². The molecule has 3 atom stereocenters. The zero-order chi connectivity index (χ0) is 13.7. The molecule has 3 nitrogen and oxygen atoms in total. The van der Waals surface area contributed by atoms with Gasteiger partial charge in [-0.05, 0) is 29.9 Å². The highest BCUT2D eigenvalue weighted by atomic mass is 16.4. The van der Waals surface area contributed by atoms with Gasteiger partial charge in [0, 0.05) is 6.04 Å². The molecule has 1 rings (SSSR count). The molecule has 0 amide bonds. The fraction of sp³-hybridized carbons (Fsp3) is 0.533. The van der Waals surface area contributed by atoms with E-state index < -0.39 is 17.9 Å². The molecular weight excluding hydrogens is 226 g/mol. The van der Waals surface area contributed by atoms with Crippen molar-refractivity contribution in [1.29, 1.82) is 0 Å². The van der Waals surface area contributed by atoms with Gasteiger partial charge >= 0.3 is 5.97 Å². The Bertz CT molecular complexity index is 386. The number of nitrogens with two attached hydrogens (primary N) is 1. The molecule has 0 aliphatic rings. The predicted molar refractivity (Wildman–Crippen MR) is 73.5 cm³/mol. The predicted octanol–water partition coefficient (Wildman–Crippen LogP) is 3.31. The van der Waals surface area contributed by atoms with E-state index >= 15 is 0 Å². The Labute approximate surface area is 109 Å². The van der Waals surface area contributed by atoms with E-state index in [1.54, 1.807) is 0 Å². The van der Waals surface area contributed by atoms with E-state index in [0.29, 0.717) is 12.3 Å². The van der Waals surface area contributed by atoms with Crippen LogP contribution in [0.3, 0.4) is 0 Å². The third-order valence-corrected chi connectivity index (χ3v) is 3.69. The zero-order valence-corrected chi connectivity index (χ0v) is 11.4. The van der Waals surface area contributed by atoms with Crippen molar-refractivity contribution in [2.24, 2.45) is 11.7 Å². The van der Waals surface area contributed by atoms with Crippen molar-refractivity contribution in [1.82, 2.24) is 0 Å². The highest BCUT2D eigenvalue weighted by Crippen LogP contribution is 2.25. The van der Waals surface area contributed by atoms with Crippen molar-refractivity contribution in [2.75, 3.05) is 0 Å². The molecule has 0 saturated heterocycles. The van der Waals surface area contributed by atoms with Crippen molar-refractivity contribution in [3.63, 3.8) is 0 Å². The Morgan fingerprint density at radius 2 is 1.67 bits per heavy atom. The Morgan fingerprint density at radius 1 is 1.17 bits per heavy atom. The SMILES string of the molecule is CCC(C)c1ccc(C(N)C(CC)C(=O)O)cc1. The quantitative estimate of drug-likeness (QED) is 0.813. The molecule has 0 heterocycles. The van der Waals surface area contributed by atoms with Gasteiger partial charge in [0.15, 0.2) is 0 Å². The number of hydrogen-bond donors (Lipinski definition) is 2. The molecule has 3 N–H and O–H groups in total. The van der Waals surface area contributed by atoms with Gasteiger partial charge in [-0.2, -0.15) is 0 Å². The van der Waals surface area contributed by atoms with Crippen molar-refractivity contribution < 1.29 is 9.90 Å². The van der Waals surface area contributed by atoms with Crippen LogP contribution in [0.2, 0.25) is 0 Å². The van der Waals surface area contributed by atoms with Crippen LogP contribution in [-0.2, 0) is 4.79 Å². The molecule has 0 bridgehead atoms. The topological polar surface area (TPSA) is 63.3 Å². The number of rotatable bonds is 6. The van der Waals surface area contributed by atoms with Crippen LogP contribution < -0.4 is 5.73 Å². The van der Waals surface area contributed by atoms with Crippen LogP contribution in [0.1, 0.15) is 56.7 Å². The summed E-state index contributed by atoms with van der Waals surface area (Å²) in [5, 5.41) is 9.11. The Morgan fingerprint density at radius 3 is 2.06 bits per heavy atom. The standard InChI is InChI=1S/C15H23NO2/c1-4-10(3)11-6-8-12(9-7-11)14(16)13(5-2)15(17)18/h6-10,13-14H,4-5,16H2,1-3H3,(H,17,18). The minimum atomic E-state index is -0.823. The lowest BCUT2D eigenvalue weighted by atomic mass is 9.90. The lowest BCUT2D eigenvalue weighted by Crippen LogP contribution is -2.27. The highest BCUT2D eigenvalue weighted by Gasteiger charge is 2.24. The first-order chi connectivity index (χ1) is 8.51. The molecular formula is C15H23NO2. The molecule has 0 saturated carbocycles. The number of benzene rings is 1. The number of carbonyl (C=O) groups is 1. The third kappa shape index (κ3) is 3.33. The van der Waals surface area contributed by atoms with Crippen molar-refractivity contribution in [3.05, 3.63) is 35.4 Å². The summed E-state index contributed by atoms with van der Waals surface area (Å²) in [7, 11) is 0. The molecule has 0 fully saturated rings. The van der Waals surface area contributed by atoms with Gasteiger partial charge in [0.05, 0.1) is 5.92 Å². The largest absolute Gasteiger partial charge is 0.481 e. The number of carboxylic acids is 1. The normalized spacial score (nSPS) is 16.0. The first-order valence-corrected chi connectivity index (χ1v) is 6.59. The maximum atomic E-state index is 11.1. The molecule has 3 heteroatoms. The van der Waals surface area contributed by atoms with Crippen LogP contribution in [0.5, 0.6) is 0 Å². The molecule has 0 radical (unpaired) electrons. The summed E-state index contributed by atoms with van der Waals surface area (Å²) in [5.74, 6) is -0.813. The molecule has 3 unspecified atom stereocenters. The number of aliphatic carboxylic acids is 1. The Balaban J connectivity index is 2.87. The number of hydrogen-bond acceptors (Lipinski definition) is 2. The lowest BCUT2D eigenvalue weighted by Gasteiger charge is -2.19. The minimum absolute atomic E-state index is 0.432. The van der Waals surface area contributed by atoms with Gasteiger partial charge in [-0.3, -0.25) is 4.79 Å². The molecule has 0 spiro atoms. The first kappa shape index (κ1) is 14.7. The lowest BCUT2D eigenvalue weighted by molar-refractivity contribution is -0.142. The van der Waals surface area contributed by atoms with Crippen molar-refractivity contribution in [3.8, 4) is 0 Å². The summed E-state index contributed by atoms with van der Waals surface area (Å²) >= 11 is 0. The maximum absolute atomic E-state index is 11.1. The van der Waals surface area contributed by atoms with Crippen LogP contribution in [0.4, 0.5) is 0 Å². The average molecular weight is 249 g/mol. The van der Waals surface area contributed by atoms with E-state index in [4.69, 9.17) is 10.8 Å². The third-order valence-electron chi connectivity index (χ3n) is 3.69. The second-order valence-corrected chi connectivity index (χ2v) is 4.85. The second kappa shape index (κ2) is 6.55. The van der Waals surface area contributed by atoms with Gasteiger partial charge < -0.3 is 10.8 Å². The minimum Gasteiger partial charge on any atom is -0.481 e. The molecule has 1 aromatic rings. The van der Waals surface area contributed by atoms with E-state index in [1.807, 2.05) is 19.1 Å². The molecule has 100 valence electrons. The van der Waals surface area contributed by atoms with Crippen molar-refractivity contribution in [2.45, 2.75) is 45.6 Å². The van der Waals surface area contributed by atoms with Gasteiger partial charge in [-0.15, -0.1) is 0 Å². The van der Waals surface area contributed by atoms with Gasteiger partial charge in [0.2, 0.25) is 0 Å². The smallest absolute Gasteiger partial charge is 0.308 e. The second-order valence-electron chi connectivity index (χ2n) is 4.85. The fourth-order valence-electron chi connectivity index (χ4n) is 2.10. The monoisotopic (exact) mass is 249 g/mol. The van der Waals surface area contributed by atoms with Crippen LogP contribution in [0.15, 0.2) is 24.3 Å². The number of carboxylic acid groups (broad SMARTS) is 1. The highest BCUT2D eigenvalue weighted by molar-refractivity contribution is 5.71. The Kier molecular flexibility index (Phi) is 5.35. The maximum Gasteiger partial charge on any atom is 0.308 e. The molecule has 0 aliphatic heterocycles. The summed E-state index contributed by atoms with van der Waals surface area (Å²) in [4.78, 5) is 11.1. The van der Waals surface area contributed by atoms with Gasteiger partial charge in [0.1, 0.15) is 0 Å². The average Bonchev–Trinajstić information content (AvgIpc) is 2.38. The summed E-state index contributed by atoms with van der Waals surface area (Å²) in [6.07, 6.45) is 1.64. The van der Waals surface area contributed by atoms with Gasteiger partial charge in [0.25, 0.3) is 0 Å². The van der Waals surface area contributed by atoms with E-state index in [1.165, 1.54) is 5.56 Å². The van der Waals surface area contributed by atoms with E-state index in [9.17, 15) is 4.79 Å². The van der Waals surface area contributed by atoms with Gasteiger partial charge in [-0.1, -0.05) is 45.0 Å².